The molecule has 0 spiro atoms. The zero-order chi connectivity index (χ0) is 51.0. The fraction of sp³-hybridized carbons (Fsp3) is 0.740. The molecule has 17 heteroatoms. The van der Waals surface area contributed by atoms with Crippen molar-refractivity contribution in [3.05, 3.63) is 82.2 Å². The maximum atomic E-state index is 12.2. The Morgan fingerprint density at radius 3 is 1.30 bits per heavy atom. The van der Waals surface area contributed by atoms with E-state index in [1.165, 1.54) is 6.92 Å². The molecule has 2 heterocycles. The van der Waals surface area contributed by atoms with E-state index in [0.717, 1.165) is 11.1 Å². The summed E-state index contributed by atoms with van der Waals surface area (Å²) in [6.45, 7) is 47.2. The van der Waals surface area contributed by atoms with E-state index in [4.69, 9.17) is 36.7 Å². The molecule has 2 aromatic rings. The van der Waals surface area contributed by atoms with Crippen LogP contribution in [0.5, 0.6) is 0 Å². The zero-order valence-electron chi connectivity index (χ0n) is 45.2. The molecule has 2 aliphatic rings. The third-order valence-electron chi connectivity index (χ3n) is 14.9. The van der Waals surface area contributed by atoms with E-state index in [9.17, 15) is 10.3 Å². The van der Waals surface area contributed by atoms with Gasteiger partial charge in [0, 0.05) is 11.8 Å². The third kappa shape index (κ3) is 16.7. The molecule has 2 aromatic carbocycles. The second-order valence-electron chi connectivity index (χ2n) is 24.5. The third-order valence-corrected chi connectivity index (χ3v) is 32.7. The number of rotatable bonds is 18. The number of hydrogen-bond acceptors (Lipinski definition) is 10. The Kier molecular flexibility index (Phi) is 20.6. The van der Waals surface area contributed by atoms with Crippen molar-refractivity contribution in [3.8, 4) is 0 Å². The average molecular weight is 1000 g/mol. The second-order valence-corrected chi connectivity index (χ2v) is 43.5. The summed E-state index contributed by atoms with van der Waals surface area (Å²) in [7, 11) is -8.67. The Morgan fingerprint density at radius 1 is 0.582 bits per heavy atom. The fourth-order valence-corrected chi connectivity index (χ4v) is 11.4. The molecular formula is C50H90N4O9Si4. The summed E-state index contributed by atoms with van der Waals surface area (Å²) < 4.78 is 51.9. The maximum Gasteiger partial charge on any atom is 0.217 e. The first-order chi connectivity index (χ1) is 30.5. The van der Waals surface area contributed by atoms with Crippen molar-refractivity contribution < 1.29 is 41.4 Å². The predicted molar refractivity (Wildman–Crippen MR) is 281 cm³/mol. The van der Waals surface area contributed by atoms with E-state index in [2.05, 4.69) is 151 Å². The number of carbonyl (C=O) groups is 1. The zero-order valence-corrected chi connectivity index (χ0v) is 49.2. The van der Waals surface area contributed by atoms with Crippen LogP contribution >= 0.6 is 0 Å². The number of carbonyl (C=O) groups excluding carboxylic acids is 1. The number of nitrogens with one attached hydrogen (secondary N) is 1. The first-order valence-electron chi connectivity index (χ1n) is 24.1. The number of azide groups is 1. The van der Waals surface area contributed by atoms with Crippen LogP contribution in [0.15, 0.2) is 65.8 Å². The summed E-state index contributed by atoms with van der Waals surface area (Å²) in [6.07, 6.45) is -2.73. The molecule has 2 fully saturated rings. The molecule has 4 rings (SSSR count). The van der Waals surface area contributed by atoms with Gasteiger partial charge in [-0.1, -0.05) is 149 Å². The average Bonchev–Trinajstić information content (AvgIpc) is 3.64. The Labute approximate surface area is 409 Å². The lowest BCUT2D eigenvalue weighted by atomic mass is 10.1. The largest absolute Gasteiger partial charge is 0.411 e. The standard InChI is InChI=1S/C26H47NO5Si2.C24H43N3O4Si2/c1-19(28)27-22-23(31-33(8,9)25(2,3)4)21(18-29-17-20-15-13-12-14-16-20)30-24(22)32-34(10,11)26(5,6)7;1-23(2,3)32(7,8)30-21-19(17-28-16-18-14-12-11-13-15-18)29-22(20(21)26-27-25)31-33(9,10)24(4,5)6/h12-16,21-24H,17-18H2,1-11H3,(H,27,28);11-15,19-22H,16-17H2,1-10H3/t21-,22+,23?,24+;19-,20+,21?,22+/m11/s1. The van der Waals surface area contributed by atoms with Gasteiger partial charge in [0.05, 0.1) is 38.6 Å². The van der Waals surface area contributed by atoms with Gasteiger partial charge >= 0.3 is 0 Å². The van der Waals surface area contributed by atoms with Gasteiger partial charge in [-0.2, -0.15) is 0 Å². The first-order valence-corrected chi connectivity index (χ1v) is 35.7. The molecule has 1 N–H and O–H groups in total. The van der Waals surface area contributed by atoms with Gasteiger partial charge in [0.25, 0.3) is 0 Å². The van der Waals surface area contributed by atoms with Crippen molar-refractivity contribution in [1.82, 2.24) is 5.32 Å². The Bertz CT molecular complexity index is 1890. The van der Waals surface area contributed by atoms with Crippen LogP contribution in [0.1, 0.15) is 101 Å². The van der Waals surface area contributed by atoms with Crippen molar-refractivity contribution in [1.29, 1.82) is 0 Å². The summed E-state index contributed by atoms with van der Waals surface area (Å²) in [5.74, 6) is -0.118. The van der Waals surface area contributed by atoms with Gasteiger partial charge in [0.2, 0.25) is 5.91 Å². The Hall–Kier alpha value is -2.23. The molecule has 67 heavy (non-hydrogen) atoms. The molecule has 2 saturated heterocycles. The highest BCUT2D eigenvalue weighted by Crippen LogP contribution is 2.45. The summed E-state index contributed by atoms with van der Waals surface area (Å²) in [4.78, 5) is 15.4. The minimum atomic E-state index is -2.17. The summed E-state index contributed by atoms with van der Waals surface area (Å²) >= 11 is 0. The van der Waals surface area contributed by atoms with E-state index in [0.29, 0.717) is 26.4 Å². The summed E-state index contributed by atoms with van der Waals surface area (Å²) in [6, 6.07) is 19.2. The van der Waals surface area contributed by atoms with E-state index in [-0.39, 0.29) is 44.4 Å². The van der Waals surface area contributed by atoms with Crippen LogP contribution in [-0.2, 0) is 54.7 Å². The highest BCUT2D eigenvalue weighted by molar-refractivity contribution is 6.75. The molecule has 0 saturated carbocycles. The molecule has 8 atom stereocenters. The number of nitrogens with zero attached hydrogens (tertiary/aromatic N) is 3. The second kappa shape index (κ2) is 23.3. The maximum absolute atomic E-state index is 12.2. The monoisotopic (exact) mass is 1000 g/mol. The highest BCUT2D eigenvalue weighted by Gasteiger charge is 2.55. The van der Waals surface area contributed by atoms with Gasteiger partial charge in [-0.25, -0.2) is 0 Å². The van der Waals surface area contributed by atoms with Crippen LogP contribution in [0.4, 0.5) is 0 Å². The van der Waals surface area contributed by atoms with E-state index in [1.807, 2.05) is 60.7 Å². The molecule has 380 valence electrons. The van der Waals surface area contributed by atoms with Crippen LogP contribution in [0.25, 0.3) is 10.4 Å². The Balaban J connectivity index is 0.000000355. The Morgan fingerprint density at radius 2 is 0.925 bits per heavy atom. The molecule has 0 aliphatic carbocycles. The highest BCUT2D eigenvalue weighted by atomic mass is 28.4. The van der Waals surface area contributed by atoms with Gasteiger partial charge in [-0.05, 0) is 89.2 Å². The topological polar surface area (TPSA) is 152 Å². The molecule has 2 unspecified atom stereocenters. The number of ether oxygens (including phenoxy) is 4. The molecule has 13 nitrogen and oxygen atoms in total. The van der Waals surface area contributed by atoms with Crippen LogP contribution in [0.2, 0.25) is 72.5 Å². The van der Waals surface area contributed by atoms with Gasteiger partial charge in [-0.3, -0.25) is 4.79 Å². The van der Waals surface area contributed by atoms with Gasteiger partial charge in [0.15, 0.2) is 45.8 Å². The normalized spacial score (nSPS) is 24.4. The van der Waals surface area contributed by atoms with E-state index < -0.39 is 64.0 Å². The number of benzene rings is 2. The lowest BCUT2D eigenvalue weighted by molar-refractivity contribution is -0.126. The SMILES string of the molecule is CC(=O)N[C@H]1C(O[Si](C)(C)C(C)(C)C)[C@@H](COCc2ccccc2)O[C@H]1O[Si](C)(C)C(C)(C)C.CC(C)(C)[Si](C)(C)OC1[C@@H](COCc2ccccc2)O[C@@H](O[Si](C)(C)C(C)(C)C)[C@H]1N=[N+]=[N-]. The smallest absolute Gasteiger partial charge is 0.217 e. The van der Waals surface area contributed by atoms with Crippen molar-refractivity contribution >= 4 is 39.2 Å². The van der Waals surface area contributed by atoms with Gasteiger partial charge < -0.3 is 42.0 Å². The van der Waals surface area contributed by atoms with E-state index in [1.54, 1.807) is 0 Å². The number of amides is 1. The van der Waals surface area contributed by atoms with Crippen LogP contribution < -0.4 is 5.32 Å². The fourth-order valence-electron chi connectivity index (χ4n) is 6.45. The quantitative estimate of drug-likeness (QED) is 0.0666. The predicted octanol–water partition coefficient (Wildman–Crippen LogP) is 12.9. The molecule has 0 radical (unpaired) electrons. The van der Waals surface area contributed by atoms with Crippen LogP contribution in [0, 0.1) is 0 Å². The minimum absolute atomic E-state index is 0.00171. The molecule has 0 bridgehead atoms. The van der Waals surface area contributed by atoms with Crippen LogP contribution in [0.3, 0.4) is 0 Å². The molecule has 2 aliphatic heterocycles. The van der Waals surface area contributed by atoms with Crippen LogP contribution in [-0.4, -0.2) is 101 Å². The van der Waals surface area contributed by atoms with Crippen molar-refractivity contribution in [2.75, 3.05) is 13.2 Å². The summed E-state index contributed by atoms with van der Waals surface area (Å²) in [5, 5.41) is 7.25. The van der Waals surface area contributed by atoms with Gasteiger partial charge in [-0.15, -0.1) is 0 Å². The minimum Gasteiger partial charge on any atom is -0.411 e. The molecule has 0 aromatic heterocycles. The molecule has 1 amide bonds. The van der Waals surface area contributed by atoms with Crippen molar-refractivity contribution in [2.45, 2.75) is 225 Å². The number of hydrogen-bond donors (Lipinski definition) is 1. The van der Waals surface area contributed by atoms with E-state index >= 15 is 0 Å². The lowest BCUT2D eigenvalue weighted by Crippen LogP contribution is -2.56. The lowest BCUT2D eigenvalue weighted by Gasteiger charge is -2.41. The van der Waals surface area contributed by atoms with Crippen molar-refractivity contribution in [2.24, 2.45) is 5.11 Å². The van der Waals surface area contributed by atoms with Crippen molar-refractivity contribution in [3.63, 3.8) is 0 Å². The summed E-state index contributed by atoms with van der Waals surface area (Å²) in [5.41, 5.74) is 11.6. The van der Waals surface area contributed by atoms with Gasteiger partial charge in [0.1, 0.15) is 24.3 Å². The first kappa shape index (κ1) is 59.1. The molecular weight excluding hydrogens is 913 g/mol.